The lowest BCUT2D eigenvalue weighted by atomic mass is 10.1. The molecule has 0 saturated heterocycles. The first-order valence-electron chi connectivity index (χ1n) is 5.22. The number of aromatic carboxylic acids is 1. The van der Waals surface area contributed by atoms with Gasteiger partial charge in [-0.1, -0.05) is 23.7 Å². The molecule has 0 aliphatic rings. The van der Waals surface area contributed by atoms with Gasteiger partial charge in [0.1, 0.15) is 0 Å². The van der Waals surface area contributed by atoms with Gasteiger partial charge in [-0.15, -0.1) is 0 Å². The molecule has 2 aromatic rings. The predicted molar refractivity (Wildman–Crippen MR) is 66.7 cm³/mol. The van der Waals surface area contributed by atoms with E-state index in [-0.39, 0.29) is 0 Å². The van der Waals surface area contributed by atoms with Crippen molar-refractivity contribution >= 4 is 17.6 Å². The van der Waals surface area contributed by atoms with Crippen molar-refractivity contribution in [3.63, 3.8) is 0 Å². The number of benzene rings is 1. The summed E-state index contributed by atoms with van der Waals surface area (Å²) in [5.74, 6) is -0.904. The summed E-state index contributed by atoms with van der Waals surface area (Å²) in [7, 11) is 0. The molecule has 0 aliphatic heterocycles. The highest BCUT2D eigenvalue weighted by Crippen LogP contribution is 2.17. The molecule has 0 aliphatic carbocycles. The Morgan fingerprint density at radius 2 is 2.00 bits per heavy atom. The number of carboxylic acids is 1. The number of hydrogen-bond acceptors (Lipinski definition) is 1. The van der Waals surface area contributed by atoms with Gasteiger partial charge in [0.25, 0.3) is 0 Å². The summed E-state index contributed by atoms with van der Waals surface area (Å²) in [6.07, 6.45) is 0.562. The van der Waals surface area contributed by atoms with Gasteiger partial charge < -0.3 is 10.1 Å². The lowest BCUT2D eigenvalue weighted by molar-refractivity contribution is 0.0696. The van der Waals surface area contributed by atoms with Crippen LogP contribution >= 0.6 is 11.6 Å². The smallest absolute Gasteiger partial charge is 0.337 e. The second kappa shape index (κ2) is 4.63. The maximum absolute atomic E-state index is 11.0. The van der Waals surface area contributed by atoms with Crippen LogP contribution in [-0.2, 0) is 6.42 Å². The Balaban J connectivity index is 2.29. The van der Waals surface area contributed by atoms with Gasteiger partial charge in [-0.3, -0.25) is 0 Å². The fourth-order valence-electron chi connectivity index (χ4n) is 1.78. The molecule has 17 heavy (non-hydrogen) atoms. The van der Waals surface area contributed by atoms with Crippen LogP contribution in [0.25, 0.3) is 0 Å². The highest BCUT2D eigenvalue weighted by molar-refractivity contribution is 6.30. The van der Waals surface area contributed by atoms with Gasteiger partial charge in [0.05, 0.1) is 5.56 Å². The van der Waals surface area contributed by atoms with E-state index in [1.807, 2.05) is 19.1 Å². The van der Waals surface area contributed by atoms with E-state index in [2.05, 4.69) is 4.98 Å². The van der Waals surface area contributed by atoms with Gasteiger partial charge in [-0.05, 0) is 30.7 Å². The van der Waals surface area contributed by atoms with Crippen molar-refractivity contribution < 1.29 is 9.90 Å². The Hall–Kier alpha value is -1.74. The summed E-state index contributed by atoms with van der Waals surface area (Å²) in [6.45, 7) is 1.85. The standard InChI is InChI=1S/C13H12ClNO2/c1-8-6-11(13(16)17)12(15-8)7-9-2-4-10(14)5-3-9/h2-6,15H,7H2,1H3,(H,16,17). The van der Waals surface area contributed by atoms with E-state index in [1.165, 1.54) is 0 Å². The number of aromatic nitrogens is 1. The lowest BCUT2D eigenvalue weighted by Gasteiger charge is -2.01. The third-order valence-electron chi connectivity index (χ3n) is 2.56. The van der Waals surface area contributed by atoms with E-state index in [4.69, 9.17) is 16.7 Å². The number of aromatic amines is 1. The van der Waals surface area contributed by atoms with Crippen molar-refractivity contribution in [2.45, 2.75) is 13.3 Å². The molecule has 0 bridgehead atoms. The van der Waals surface area contributed by atoms with Crippen LogP contribution in [0.1, 0.15) is 27.3 Å². The second-order valence-electron chi connectivity index (χ2n) is 3.95. The van der Waals surface area contributed by atoms with E-state index in [0.29, 0.717) is 17.0 Å². The summed E-state index contributed by atoms with van der Waals surface area (Å²) in [6, 6.07) is 9.03. The molecule has 0 atom stereocenters. The van der Waals surface area contributed by atoms with E-state index >= 15 is 0 Å². The molecule has 4 heteroatoms. The normalized spacial score (nSPS) is 10.5. The summed E-state index contributed by atoms with van der Waals surface area (Å²) in [5.41, 5.74) is 2.93. The van der Waals surface area contributed by atoms with Crippen LogP contribution in [-0.4, -0.2) is 16.1 Å². The Morgan fingerprint density at radius 1 is 1.35 bits per heavy atom. The number of carboxylic acid groups (broad SMARTS) is 1. The van der Waals surface area contributed by atoms with Gasteiger partial charge in [0.15, 0.2) is 0 Å². The number of carbonyl (C=O) groups is 1. The average Bonchev–Trinajstić information content (AvgIpc) is 2.63. The van der Waals surface area contributed by atoms with Crippen LogP contribution in [0.5, 0.6) is 0 Å². The van der Waals surface area contributed by atoms with Crippen molar-refractivity contribution in [2.75, 3.05) is 0 Å². The summed E-state index contributed by atoms with van der Waals surface area (Å²) in [4.78, 5) is 14.1. The number of halogens is 1. The number of hydrogen-bond donors (Lipinski definition) is 2. The molecule has 2 rings (SSSR count). The topological polar surface area (TPSA) is 53.1 Å². The van der Waals surface area contributed by atoms with Gasteiger partial charge in [0, 0.05) is 22.8 Å². The van der Waals surface area contributed by atoms with Crippen molar-refractivity contribution in [1.29, 1.82) is 0 Å². The van der Waals surface area contributed by atoms with Crippen LogP contribution in [0.3, 0.4) is 0 Å². The molecular weight excluding hydrogens is 238 g/mol. The minimum absolute atomic E-state index is 0.331. The number of H-pyrrole nitrogens is 1. The average molecular weight is 250 g/mol. The highest BCUT2D eigenvalue weighted by Gasteiger charge is 2.13. The third-order valence-corrected chi connectivity index (χ3v) is 2.81. The molecule has 0 radical (unpaired) electrons. The Morgan fingerprint density at radius 3 is 2.59 bits per heavy atom. The molecular formula is C13H12ClNO2. The first kappa shape index (κ1) is 11.7. The quantitative estimate of drug-likeness (QED) is 0.877. The van der Waals surface area contributed by atoms with E-state index in [9.17, 15) is 4.79 Å². The van der Waals surface area contributed by atoms with Gasteiger partial charge in [-0.2, -0.15) is 0 Å². The number of nitrogens with one attached hydrogen (secondary N) is 1. The van der Waals surface area contributed by atoms with Crippen molar-refractivity contribution in [1.82, 2.24) is 4.98 Å². The van der Waals surface area contributed by atoms with Crippen LogP contribution < -0.4 is 0 Å². The first-order chi connectivity index (χ1) is 8.06. The van der Waals surface area contributed by atoms with Crippen molar-refractivity contribution in [3.05, 3.63) is 57.9 Å². The summed E-state index contributed by atoms with van der Waals surface area (Å²) >= 11 is 5.80. The summed E-state index contributed by atoms with van der Waals surface area (Å²) in [5, 5.41) is 9.74. The van der Waals surface area contributed by atoms with E-state index in [0.717, 1.165) is 17.0 Å². The molecule has 0 unspecified atom stereocenters. The first-order valence-corrected chi connectivity index (χ1v) is 5.60. The Labute approximate surface area is 104 Å². The Bertz CT molecular complexity index is 543. The summed E-state index contributed by atoms with van der Waals surface area (Å²) < 4.78 is 0. The zero-order valence-corrected chi connectivity index (χ0v) is 10.1. The lowest BCUT2D eigenvalue weighted by Crippen LogP contribution is -2.00. The second-order valence-corrected chi connectivity index (χ2v) is 4.39. The molecule has 0 saturated carbocycles. The number of aryl methyl sites for hydroxylation is 1. The van der Waals surface area contributed by atoms with Crippen LogP contribution in [0.4, 0.5) is 0 Å². The fourth-order valence-corrected chi connectivity index (χ4v) is 1.91. The monoisotopic (exact) mass is 249 g/mol. The SMILES string of the molecule is Cc1cc(C(=O)O)c(Cc2ccc(Cl)cc2)[nH]1. The molecule has 1 aromatic carbocycles. The maximum atomic E-state index is 11.0. The maximum Gasteiger partial charge on any atom is 0.337 e. The van der Waals surface area contributed by atoms with Crippen LogP contribution in [0, 0.1) is 6.92 Å². The molecule has 0 amide bonds. The molecule has 88 valence electrons. The van der Waals surface area contributed by atoms with Gasteiger partial charge in [-0.25, -0.2) is 4.79 Å². The minimum atomic E-state index is -0.904. The molecule has 0 fully saturated rings. The molecule has 1 aromatic heterocycles. The molecule has 3 nitrogen and oxygen atoms in total. The fraction of sp³-hybridized carbons (Fsp3) is 0.154. The molecule has 1 heterocycles. The zero-order valence-electron chi connectivity index (χ0n) is 9.33. The zero-order chi connectivity index (χ0) is 12.4. The molecule has 2 N–H and O–H groups in total. The van der Waals surface area contributed by atoms with Crippen LogP contribution in [0.2, 0.25) is 5.02 Å². The highest BCUT2D eigenvalue weighted by atomic mass is 35.5. The van der Waals surface area contributed by atoms with Crippen LogP contribution in [0.15, 0.2) is 30.3 Å². The van der Waals surface area contributed by atoms with Gasteiger partial charge in [0.2, 0.25) is 0 Å². The number of rotatable bonds is 3. The predicted octanol–water partition coefficient (Wildman–Crippen LogP) is 3.27. The molecule has 0 spiro atoms. The van der Waals surface area contributed by atoms with Crippen molar-refractivity contribution in [2.24, 2.45) is 0 Å². The third kappa shape index (κ3) is 2.68. The minimum Gasteiger partial charge on any atom is -0.478 e. The van der Waals surface area contributed by atoms with E-state index < -0.39 is 5.97 Å². The Kier molecular flexibility index (Phi) is 3.20. The largest absolute Gasteiger partial charge is 0.478 e. The van der Waals surface area contributed by atoms with Gasteiger partial charge >= 0.3 is 5.97 Å². The van der Waals surface area contributed by atoms with Crippen molar-refractivity contribution in [3.8, 4) is 0 Å². The van der Waals surface area contributed by atoms with E-state index in [1.54, 1.807) is 18.2 Å².